The fourth-order valence-corrected chi connectivity index (χ4v) is 5.29. The molecule has 240 valence electrons. The van der Waals surface area contributed by atoms with E-state index in [1.165, 1.54) is 38.5 Å². The highest BCUT2D eigenvalue weighted by molar-refractivity contribution is 5.82. The van der Waals surface area contributed by atoms with E-state index < -0.39 is 29.3 Å². The molecule has 1 heterocycles. The van der Waals surface area contributed by atoms with Crippen LogP contribution in [-0.2, 0) is 23.9 Å². The normalized spacial score (nSPS) is 16.6. The summed E-state index contributed by atoms with van der Waals surface area (Å²) in [5, 5.41) is 23.3. The van der Waals surface area contributed by atoms with Gasteiger partial charge >= 0.3 is 11.9 Å². The van der Waals surface area contributed by atoms with Crippen LogP contribution in [0.15, 0.2) is 0 Å². The number of nitrogens with one attached hydrogen (secondary N) is 1. The van der Waals surface area contributed by atoms with Gasteiger partial charge in [0.05, 0.1) is 32.2 Å². The molecule has 0 spiro atoms. The number of aliphatic carboxylic acids is 1. The highest BCUT2D eigenvalue weighted by Crippen LogP contribution is 2.26. The van der Waals surface area contributed by atoms with Gasteiger partial charge in [-0.25, -0.2) is 0 Å². The van der Waals surface area contributed by atoms with Crippen LogP contribution in [0.3, 0.4) is 0 Å². The number of aliphatic hydroxyl groups is 1. The van der Waals surface area contributed by atoms with Crippen LogP contribution in [0.2, 0.25) is 0 Å². The number of aliphatic hydroxyl groups excluding tert-OH is 1. The highest BCUT2D eigenvalue weighted by Gasteiger charge is 2.35. The topological polar surface area (TPSA) is 125 Å². The molecule has 3 N–H and O–H groups in total. The van der Waals surface area contributed by atoms with Gasteiger partial charge < -0.3 is 25.0 Å². The predicted molar refractivity (Wildman–Crippen MR) is 162 cm³/mol. The number of morpholine rings is 1. The summed E-state index contributed by atoms with van der Waals surface area (Å²) in [4.78, 5) is 39.3. The second-order valence-corrected chi connectivity index (χ2v) is 12.5. The van der Waals surface area contributed by atoms with E-state index in [2.05, 4.69) is 24.1 Å². The minimum absolute atomic E-state index is 0.0252. The van der Waals surface area contributed by atoms with Crippen molar-refractivity contribution in [3.63, 3.8) is 0 Å². The Kier molecular flexibility index (Phi) is 19.9. The summed E-state index contributed by atoms with van der Waals surface area (Å²) in [6.45, 7) is 11.1. The van der Waals surface area contributed by atoms with Crippen LogP contribution in [0.25, 0.3) is 0 Å². The van der Waals surface area contributed by atoms with Crippen LogP contribution in [0.4, 0.5) is 0 Å². The summed E-state index contributed by atoms with van der Waals surface area (Å²) in [5.41, 5.74) is -1.02. The molecule has 0 aromatic heterocycles. The Morgan fingerprint density at radius 1 is 0.927 bits per heavy atom. The Hall–Kier alpha value is -1.71. The third-order valence-electron chi connectivity index (χ3n) is 8.25. The Balaban J connectivity index is 2.54. The molecule has 1 amide bonds. The van der Waals surface area contributed by atoms with Gasteiger partial charge in [0.1, 0.15) is 6.10 Å². The number of carboxylic acids is 1. The number of nitrogens with zero attached hydrogens (tertiary/aromatic N) is 1. The van der Waals surface area contributed by atoms with Crippen molar-refractivity contribution >= 4 is 17.8 Å². The first kappa shape index (κ1) is 37.3. The van der Waals surface area contributed by atoms with E-state index in [-0.39, 0.29) is 25.5 Å². The predicted octanol–water partition coefficient (Wildman–Crippen LogP) is 5.18. The lowest BCUT2D eigenvalue weighted by molar-refractivity contribution is -0.154. The van der Waals surface area contributed by atoms with Crippen molar-refractivity contribution in [2.45, 2.75) is 124 Å². The van der Waals surface area contributed by atoms with Gasteiger partial charge in [0.2, 0.25) is 5.91 Å². The minimum atomic E-state index is -1.43. The number of rotatable bonds is 24. The highest BCUT2D eigenvalue weighted by atomic mass is 16.5. The van der Waals surface area contributed by atoms with Gasteiger partial charge in [-0.05, 0) is 12.3 Å². The van der Waals surface area contributed by atoms with Crippen LogP contribution < -0.4 is 5.32 Å². The molecule has 0 radical (unpaired) electrons. The van der Waals surface area contributed by atoms with Crippen molar-refractivity contribution in [1.29, 1.82) is 0 Å². The molecule has 0 aromatic carbocycles. The molecule has 41 heavy (non-hydrogen) atoms. The number of amides is 1. The lowest BCUT2D eigenvalue weighted by atomic mass is 9.85. The van der Waals surface area contributed by atoms with Gasteiger partial charge in [-0.2, -0.15) is 0 Å². The number of carbonyl (C=O) groups excluding carboxylic acids is 2. The lowest BCUT2D eigenvalue weighted by Gasteiger charge is -2.30. The number of ether oxygens (including phenoxy) is 2. The Bertz CT molecular complexity index is 725. The number of esters is 1. The molecule has 1 rings (SSSR count). The Labute approximate surface area is 249 Å². The Morgan fingerprint density at radius 3 is 2.07 bits per heavy atom. The van der Waals surface area contributed by atoms with Crippen LogP contribution in [0, 0.1) is 17.3 Å². The molecule has 1 aliphatic heterocycles. The third-order valence-corrected chi connectivity index (χ3v) is 8.25. The number of hydrogen-bond donors (Lipinski definition) is 3. The first-order valence-electron chi connectivity index (χ1n) is 16.2. The summed E-state index contributed by atoms with van der Waals surface area (Å²) in [7, 11) is 0. The monoisotopic (exact) mass is 584 g/mol. The average molecular weight is 585 g/mol. The van der Waals surface area contributed by atoms with Crippen molar-refractivity contribution < 1.29 is 34.1 Å². The fraction of sp³-hybridized carbons (Fsp3) is 0.906. The summed E-state index contributed by atoms with van der Waals surface area (Å²) in [5.74, 6) is -2.33. The minimum Gasteiger partial charge on any atom is -0.481 e. The van der Waals surface area contributed by atoms with Crippen LogP contribution in [0.5, 0.6) is 0 Å². The number of carboxylic acid groups (broad SMARTS) is 1. The zero-order chi connectivity index (χ0) is 30.5. The molecule has 0 bridgehead atoms. The number of hydrogen-bond acceptors (Lipinski definition) is 7. The van der Waals surface area contributed by atoms with E-state index in [1.54, 1.807) is 13.8 Å². The van der Waals surface area contributed by atoms with Gasteiger partial charge in [-0.15, -0.1) is 0 Å². The zero-order valence-corrected chi connectivity index (χ0v) is 26.5. The van der Waals surface area contributed by atoms with Crippen molar-refractivity contribution in [3.05, 3.63) is 0 Å². The maximum absolute atomic E-state index is 12.8. The number of carbonyl (C=O) groups is 3. The largest absolute Gasteiger partial charge is 0.481 e. The van der Waals surface area contributed by atoms with E-state index in [0.29, 0.717) is 32.1 Å². The molecular weight excluding hydrogens is 524 g/mol. The van der Waals surface area contributed by atoms with E-state index in [0.717, 1.165) is 51.6 Å². The fourth-order valence-electron chi connectivity index (χ4n) is 5.29. The zero-order valence-electron chi connectivity index (χ0n) is 26.5. The molecule has 3 atom stereocenters. The summed E-state index contributed by atoms with van der Waals surface area (Å²) >= 11 is 0. The molecular formula is C32H60N2O7. The van der Waals surface area contributed by atoms with Gasteiger partial charge in [-0.1, -0.05) is 105 Å². The van der Waals surface area contributed by atoms with Crippen molar-refractivity contribution in [2.75, 3.05) is 46.0 Å². The number of unbranched alkanes of at least 4 members (excludes halogenated alkanes) is 8. The first-order chi connectivity index (χ1) is 19.6. The van der Waals surface area contributed by atoms with E-state index >= 15 is 0 Å². The van der Waals surface area contributed by atoms with Gasteiger partial charge in [0, 0.05) is 31.6 Å². The van der Waals surface area contributed by atoms with Crippen LogP contribution in [-0.4, -0.2) is 85.1 Å². The van der Waals surface area contributed by atoms with Crippen molar-refractivity contribution in [1.82, 2.24) is 10.2 Å². The summed E-state index contributed by atoms with van der Waals surface area (Å²) in [6, 6.07) is 0. The molecule has 9 nitrogen and oxygen atoms in total. The molecule has 0 aliphatic carbocycles. The van der Waals surface area contributed by atoms with Crippen molar-refractivity contribution in [3.8, 4) is 0 Å². The average Bonchev–Trinajstić information content (AvgIpc) is 2.96. The molecule has 9 heteroatoms. The smallest absolute Gasteiger partial charge is 0.308 e. The first-order valence-corrected chi connectivity index (χ1v) is 16.2. The van der Waals surface area contributed by atoms with Crippen LogP contribution >= 0.6 is 0 Å². The maximum atomic E-state index is 12.8. The second kappa shape index (κ2) is 21.9. The second-order valence-electron chi connectivity index (χ2n) is 12.5. The molecule has 1 aliphatic rings. The SMILES string of the molecule is CCCCCCCCC(CCCCCC)CC(CNC(=O)[C@H](O)C(C)(C)COC(=O)CCN1CCOCC1)C(=O)O. The third kappa shape index (κ3) is 17.1. The summed E-state index contributed by atoms with van der Waals surface area (Å²) in [6.07, 6.45) is 13.2. The van der Waals surface area contributed by atoms with Crippen molar-refractivity contribution in [2.24, 2.45) is 17.3 Å². The molecule has 2 unspecified atom stereocenters. The Morgan fingerprint density at radius 2 is 1.49 bits per heavy atom. The van der Waals surface area contributed by atoms with E-state index in [9.17, 15) is 24.6 Å². The maximum Gasteiger partial charge on any atom is 0.308 e. The molecule has 1 saturated heterocycles. The van der Waals surface area contributed by atoms with E-state index in [4.69, 9.17) is 9.47 Å². The quantitative estimate of drug-likeness (QED) is 0.105. The summed E-state index contributed by atoms with van der Waals surface area (Å²) < 4.78 is 10.7. The molecule has 0 saturated carbocycles. The van der Waals surface area contributed by atoms with Gasteiger partial charge in [0.25, 0.3) is 0 Å². The standard InChI is InChI=1S/C32H60N2O7/c1-5-7-9-11-12-14-16-26(15-13-10-8-6-2)23-27(31(38)39)24-33-30(37)29(36)32(3,4)25-41-28(35)17-18-34-19-21-40-22-20-34/h26-27,29,36H,5-25H2,1-4H3,(H,33,37)(H,38,39)/t26?,27?,29-/m0/s1. The van der Waals surface area contributed by atoms with Crippen LogP contribution in [0.1, 0.15) is 118 Å². The van der Waals surface area contributed by atoms with Gasteiger partial charge in [0.15, 0.2) is 0 Å². The van der Waals surface area contributed by atoms with Gasteiger partial charge in [-0.3, -0.25) is 19.3 Å². The molecule has 0 aromatic rings. The van der Waals surface area contributed by atoms with E-state index in [1.807, 2.05) is 0 Å². The molecule has 1 fully saturated rings. The lowest BCUT2D eigenvalue weighted by Crippen LogP contribution is -2.48.